The lowest BCUT2D eigenvalue weighted by Gasteiger charge is -2.39. The summed E-state index contributed by atoms with van der Waals surface area (Å²) in [6.07, 6.45) is 6.77. The van der Waals surface area contributed by atoms with Gasteiger partial charge < -0.3 is 9.26 Å². The molecule has 160 valence electrons. The van der Waals surface area contributed by atoms with E-state index in [0.29, 0.717) is 30.4 Å². The van der Waals surface area contributed by atoms with Gasteiger partial charge in [-0.15, -0.1) is 0 Å². The van der Waals surface area contributed by atoms with Crippen LogP contribution in [0, 0.1) is 5.92 Å². The van der Waals surface area contributed by atoms with Crippen molar-refractivity contribution in [3.63, 3.8) is 0 Å². The van der Waals surface area contributed by atoms with Crippen LogP contribution in [0.1, 0.15) is 95.3 Å². The third kappa shape index (κ3) is 8.09. The molecule has 27 heavy (non-hydrogen) atoms. The van der Waals surface area contributed by atoms with Crippen molar-refractivity contribution in [2.24, 2.45) is 5.92 Å². The molecule has 0 N–H and O–H groups in total. The van der Waals surface area contributed by atoms with Crippen LogP contribution in [0.3, 0.4) is 0 Å². The molecule has 0 radical (unpaired) electrons. The van der Waals surface area contributed by atoms with Crippen molar-refractivity contribution >= 4 is 14.1 Å². The molecule has 0 amide bonds. The molecule has 1 heterocycles. The SMILES string of the molecule is [2H]C[C@H]1O[C@@H](C)[C@H](C)[C@@H]1OP(CC(=O)CCCCCCC)N(C(C)C)C(C)C. The number of Topliss-reactive ketones (excluding diaryl/α,β-unsaturated/α-hetero) is 1. The first-order chi connectivity index (χ1) is 13.2. The summed E-state index contributed by atoms with van der Waals surface area (Å²) in [6.45, 7) is 15.3. The molecule has 0 saturated carbocycles. The van der Waals surface area contributed by atoms with Crippen LogP contribution in [0.2, 0.25) is 0 Å². The van der Waals surface area contributed by atoms with Crippen LogP contribution in [-0.2, 0) is 14.1 Å². The number of ketones is 1. The van der Waals surface area contributed by atoms with Crippen LogP contribution in [0.15, 0.2) is 0 Å². The first kappa shape index (κ1) is 23.3. The Hall–Kier alpha value is -0.0200. The second kappa shape index (κ2) is 12.5. The standard InChI is InChI=1S/C22H44NO3P/c1-9-10-11-12-13-14-21(24)15-27(23(16(2)3)17(4)5)26-22-18(6)19(7)25-20(22)8/h16-20,22H,9-15H2,1-8H3/t18-,19-,20+,22-,27?/m0/s1/i8D. The molecule has 1 fully saturated rings. The topological polar surface area (TPSA) is 38.8 Å². The van der Waals surface area contributed by atoms with Crippen LogP contribution in [0.5, 0.6) is 0 Å². The molecule has 4 nitrogen and oxygen atoms in total. The van der Waals surface area contributed by atoms with Crippen molar-refractivity contribution in [3.05, 3.63) is 0 Å². The van der Waals surface area contributed by atoms with Crippen LogP contribution in [0.25, 0.3) is 0 Å². The van der Waals surface area contributed by atoms with E-state index < -0.39 is 8.30 Å². The molecular formula is C22H44NO3P. The minimum Gasteiger partial charge on any atom is -0.372 e. The number of nitrogens with zero attached hydrogens (tertiary/aromatic N) is 1. The average Bonchev–Trinajstić information content (AvgIpc) is 2.88. The van der Waals surface area contributed by atoms with Crippen molar-refractivity contribution in [2.75, 3.05) is 6.16 Å². The van der Waals surface area contributed by atoms with Crippen LogP contribution in [0.4, 0.5) is 0 Å². The number of carbonyl (C=O) groups excluding carboxylic acids is 1. The highest BCUT2D eigenvalue weighted by Gasteiger charge is 2.41. The number of hydrogen-bond acceptors (Lipinski definition) is 4. The molecule has 0 aromatic carbocycles. The third-order valence-corrected chi connectivity index (χ3v) is 7.99. The van der Waals surface area contributed by atoms with Gasteiger partial charge in [-0.3, -0.25) is 9.46 Å². The molecule has 5 heteroatoms. The maximum absolute atomic E-state index is 12.7. The minimum atomic E-state index is -1.04. The van der Waals surface area contributed by atoms with Gasteiger partial charge in [-0.1, -0.05) is 39.5 Å². The summed E-state index contributed by atoms with van der Waals surface area (Å²) in [5.41, 5.74) is 0. The summed E-state index contributed by atoms with van der Waals surface area (Å²) >= 11 is 0. The van der Waals surface area contributed by atoms with Gasteiger partial charge in [0.15, 0.2) is 0 Å². The summed E-state index contributed by atoms with van der Waals surface area (Å²) in [4.78, 5) is 12.7. The molecule has 0 spiro atoms. The number of ether oxygens (including phenoxy) is 1. The van der Waals surface area contributed by atoms with Gasteiger partial charge in [-0.25, -0.2) is 0 Å². The normalized spacial score (nSPS) is 27.6. The second-order valence-electron chi connectivity index (χ2n) is 8.59. The van der Waals surface area contributed by atoms with Crippen molar-refractivity contribution in [1.82, 2.24) is 4.67 Å². The Labute approximate surface area is 171 Å². The van der Waals surface area contributed by atoms with Crippen LogP contribution in [-0.4, -0.2) is 47.0 Å². The Morgan fingerprint density at radius 2 is 1.74 bits per heavy atom. The Morgan fingerprint density at radius 3 is 2.30 bits per heavy atom. The van der Waals surface area contributed by atoms with E-state index in [4.69, 9.17) is 10.6 Å². The van der Waals surface area contributed by atoms with E-state index in [1.165, 1.54) is 19.3 Å². The average molecular weight is 403 g/mol. The van der Waals surface area contributed by atoms with E-state index >= 15 is 0 Å². The van der Waals surface area contributed by atoms with E-state index in [-0.39, 0.29) is 31.1 Å². The second-order valence-corrected chi connectivity index (χ2v) is 10.3. The molecule has 0 aromatic heterocycles. The van der Waals surface area contributed by atoms with Gasteiger partial charge in [0, 0.05) is 25.8 Å². The van der Waals surface area contributed by atoms with E-state index in [0.717, 1.165) is 12.8 Å². The largest absolute Gasteiger partial charge is 0.372 e. The molecule has 1 aliphatic rings. The predicted molar refractivity (Wildman–Crippen MR) is 116 cm³/mol. The van der Waals surface area contributed by atoms with Gasteiger partial charge in [0.2, 0.25) is 0 Å². The first-order valence-electron chi connectivity index (χ1n) is 11.6. The number of carbonyl (C=O) groups is 1. The number of hydrogen-bond donors (Lipinski definition) is 0. The zero-order valence-electron chi connectivity index (χ0n) is 19.7. The fraction of sp³-hybridized carbons (Fsp3) is 0.955. The van der Waals surface area contributed by atoms with Gasteiger partial charge in [0.05, 0.1) is 24.5 Å². The maximum Gasteiger partial charge on any atom is 0.140 e. The highest BCUT2D eigenvalue weighted by molar-refractivity contribution is 7.51. The Kier molecular flexibility index (Phi) is 10.8. The van der Waals surface area contributed by atoms with E-state index in [1.54, 1.807) is 0 Å². The lowest BCUT2D eigenvalue weighted by Crippen LogP contribution is -2.37. The molecule has 0 aromatic rings. The summed E-state index contributed by atoms with van der Waals surface area (Å²) in [6, 6.07) is 0.626. The quantitative estimate of drug-likeness (QED) is 0.272. The Balaban J connectivity index is 2.80. The summed E-state index contributed by atoms with van der Waals surface area (Å²) < 4.78 is 22.8. The van der Waals surface area contributed by atoms with Crippen molar-refractivity contribution < 1.29 is 15.4 Å². The number of rotatable bonds is 13. The van der Waals surface area contributed by atoms with Crippen molar-refractivity contribution in [2.45, 2.75) is 124 Å². The lowest BCUT2D eigenvalue weighted by molar-refractivity contribution is -0.117. The third-order valence-electron chi connectivity index (χ3n) is 5.44. The molecule has 1 aliphatic heterocycles. The molecule has 1 rings (SSSR count). The van der Waals surface area contributed by atoms with Gasteiger partial charge >= 0.3 is 0 Å². The van der Waals surface area contributed by atoms with Crippen LogP contribution >= 0.6 is 8.30 Å². The molecular weight excluding hydrogens is 357 g/mol. The predicted octanol–water partition coefficient (Wildman–Crippen LogP) is 6.18. The highest BCUT2D eigenvalue weighted by Crippen LogP contribution is 2.49. The Bertz CT molecular complexity index is 441. The van der Waals surface area contributed by atoms with Gasteiger partial charge in [-0.05, 0) is 47.9 Å². The summed E-state index contributed by atoms with van der Waals surface area (Å²) in [7, 11) is -1.04. The van der Waals surface area contributed by atoms with Crippen LogP contribution < -0.4 is 0 Å². The lowest BCUT2D eigenvalue weighted by atomic mass is 10.0. The molecule has 1 unspecified atom stereocenters. The smallest absolute Gasteiger partial charge is 0.140 e. The van der Waals surface area contributed by atoms with E-state index in [1.807, 2.05) is 0 Å². The fourth-order valence-electron chi connectivity index (χ4n) is 3.83. The monoisotopic (exact) mass is 402 g/mol. The minimum absolute atomic E-state index is 0.0954. The molecule has 1 saturated heterocycles. The van der Waals surface area contributed by atoms with Crippen molar-refractivity contribution in [3.8, 4) is 0 Å². The highest BCUT2D eigenvalue weighted by atomic mass is 31.2. The van der Waals surface area contributed by atoms with E-state index in [9.17, 15) is 4.79 Å². The zero-order chi connectivity index (χ0) is 21.3. The van der Waals surface area contributed by atoms with Gasteiger partial charge in [0.25, 0.3) is 0 Å². The zero-order valence-corrected chi connectivity index (χ0v) is 19.6. The molecule has 0 aliphatic carbocycles. The number of unbranched alkanes of at least 4 members (excludes halogenated alkanes) is 4. The van der Waals surface area contributed by atoms with Gasteiger partial charge in [0.1, 0.15) is 14.1 Å². The van der Waals surface area contributed by atoms with Gasteiger partial charge in [-0.2, -0.15) is 0 Å². The summed E-state index contributed by atoms with van der Waals surface area (Å²) in [5, 5.41) is 0. The molecule has 5 atom stereocenters. The Morgan fingerprint density at radius 1 is 1.11 bits per heavy atom. The first-order valence-corrected chi connectivity index (χ1v) is 12.3. The fourth-order valence-corrected chi connectivity index (χ4v) is 6.27. The van der Waals surface area contributed by atoms with Crippen molar-refractivity contribution in [1.29, 1.82) is 0 Å². The summed E-state index contributed by atoms with van der Waals surface area (Å²) in [5.74, 6) is 0.557. The van der Waals surface area contributed by atoms with E-state index in [2.05, 4.69) is 53.1 Å². The maximum atomic E-state index is 12.7. The molecule has 0 bridgehead atoms.